The molecule has 0 N–H and O–H groups in total. The van der Waals surface area contributed by atoms with Crippen LogP contribution in [0, 0.1) is 5.82 Å². The van der Waals surface area contributed by atoms with Gasteiger partial charge in [0.1, 0.15) is 5.82 Å². The predicted octanol–water partition coefficient (Wildman–Crippen LogP) is 3.10. The smallest absolute Gasteiger partial charge is 0.383 e. The van der Waals surface area contributed by atoms with E-state index in [0.29, 0.717) is 25.3 Å². The second kappa shape index (κ2) is 6.01. The van der Waals surface area contributed by atoms with Crippen LogP contribution in [-0.4, -0.2) is 37.1 Å². The Hall–Kier alpha value is -1.63. The van der Waals surface area contributed by atoms with Gasteiger partial charge in [-0.2, -0.15) is 13.2 Å². The Labute approximate surface area is 119 Å². The number of halogens is 4. The lowest BCUT2D eigenvalue weighted by atomic mass is 10.1. The number of carbonyl (C=O) groups excluding carboxylic acids is 1. The second-order valence-electron chi connectivity index (χ2n) is 4.91. The van der Waals surface area contributed by atoms with E-state index in [2.05, 4.69) is 0 Å². The van der Waals surface area contributed by atoms with Crippen LogP contribution in [0.25, 0.3) is 0 Å². The number of amides is 1. The molecule has 1 aliphatic rings. The lowest BCUT2D eigenvalue weighted by Gasteiger charge is -2.22. The Bertz CT molecular complexity index is 526. The molecule has 0 bridgehead atoms. The summed E-state index contributed by atoms with van der Waals surface area (Å²) in [7, 11) is 1.48. The standard InChI is InChI=1S/C14H15F4NO2/c1-21-7-6-19(10-3-4-10)13(20)9-2-5-12(15)11(8-9)14(16,17)18/h2,5,8,10H,3-4,6-7H2,1H3. The first kappa shape index (κ1) is 15.8. The number of carbonyl (C=O) groups is 1. The van der Waals surface area contributed by atoms with Gasteiger partial charge in [-0.25, -0.2) is 4.39 Å². The summed E-state index contributed by atoms with van der Waals surface area (Å²) in [6, 6.07) is 2.36. The molecule has 1 aromatic carbocycles. The van der Waals surface area contributed by atoms with Gasteiger partial charge in [-0.15, -0.1) is 0 Å². The SMILES string of the molecule is COCCN(C(=O)c1ccc(F)c(C(F)(F)F)c1)C1CC1. The van der Waals surface area contributed by atoms with Crippen molar-refractivity contribution in [1.82, 2.24) is 4.90 Å². The van der Waals surface area contributed by atoms with Crippen molar-refractivity contribution in [3.05, 3.63) is 35.1 Å². The zero-order chi connectivity index (χ0) is 15.6. The average molecular weight is 305 g/mol. The highest BCUT2D eigenvalue weighted by Gasteiger charge is 2.37. The lowest BCUT2D eigenvalue weighted by Crippen LogP contribution is -2.36. The number of rotatable bonds is 5. The first-order chi connectivity index (χ1) is 9.84. The van der Waals surface area contributed by atoms with Crippen LogP contribution in [0.15, 0.2) is 18.2 Å². The summed E-state index contributed by atoms with van der Waals surface area (Å²) in [5.74, 6) is -1.91. The Balaban J connectivity index is 2.25. The van der Waals surface area contributed by atoms with Crippen molar-refractivity contribution < 1.29 is 27.1 Å². The van der Waals surface area contributed by atoms with E-state index in [-0.39, 0.29) is 11.6 Å². The van der Waals surface area contributed by atoms with Gasteiger partial charge in [0.15, 0.2) is 0 Å². The molecule has 1 amide bonds. The summed E-state index contributed by atoms with van der Waals surface area (Å²) in [4.78, 5) is 13.8. The fraction of sp³-hybridized carbons (Fsp3) is 0.500. The molecule has 0 unspecified atom stereocenters. The molecule has 0 heterocycles. The number of nitrogens with zero attached hydrogens (tertiary/aromatic N) is 1. The third-order valence-electron chi connectivity index (χ3n) is 3.30. The van der Waals surface area contributed by atoms with Crippen molar-refractivity contribution in [2.75, 3.05) is 20.3 Å². The number of methoxy groups -OCH3 is 1. The Morgan fingerprint density at radius 1 is 1.38 bits per heavy atom. The van der Waals surface area contributed by atoms with E-state index in [9.17, 15) is 22.4 Å². The molecule has 0 atom stereocenters. The van der Waals surface area contributed by atoms with Crippen molar-refractivity contribution in [1.29, 1.82) is 0 Å². The molecular weight excluding hydrogens is 290 g/mol. The molecule has 2 rings (SSSR count). The van der Waals surface area contributed by atoms with Gasteiger partial charge in [0.25, 0.3) is 5.91 Å². The lowest BCUT2D eigenvalue weighted by molar-refractivity contribution is -0.140. The van der Waals surface area contributed by atoms with Gasteiger partial charge in [-0.1, -0.05) is 0 Å². The highest BCUT2D eigenvalue weighted by Crippen LogP contribution is 2.33. The molecule has 0 aromatic heterocycles. The van der Waals surface area contributed by atoms with Crippen LogP contribution in [0.1, 0.15) is 28.8 Å². The number of hydrogen-bond acceptors (Lipinski definition) is 2. The summed E-state index contributed by atoms with van der Waals surface area (Å²) in [6.07, 6.45) is -3.18. The minimum atomic E-state index is -4.82. The monoisotopic (exact) mass is 305 g/mol. The largest absolute Gasteiger partial charge is 0.419 e. The topological polar surface area (TPSA) is 29.5 Å². The normalized spacial score (nSPS) is 15.1. The average Bonchev–Trinajstić information content (AvgIpc) is 3.22. The third-order valence-corrected chi connectivity index (χ3v) is 3.30. The van der Waals surface area contributed by atoms with Crippen LogP contribution in [0.3, 0.4) is 0 Å². The van der Waals surface area contributed by atoms with Crippen molar-refractivity contribution in [3.63, 3.8) is 0 Å². The number of ether oxygens (including phenoxy) is 1. The quantitative estimate of drug-likeness (QED) is 0.782. The van der Waals surface area contributed by atoms with Gasteiger partial charge < -0.3 is 9.64 Å². The molecule has 1 fully saturated rings. The molecule has 116 valence electrons. The highest BCUT2D eigenvalue weighted by atomic mass is 19.4. The molecule has 0 saturated heterocycles. The van der Waals surface area contributed by atoms with Gasteiger partial charge >= 0.3 is 6.18 Å². The van der Waals surface area contributed by atoms with E-state index in [4.69, 9.17) is 4.74 Å². The van der Waals surface area contributed by atoms with Crippen LogP contribution in [-0.2, 0) is 10.9 Å². The molecular formula is C14H15F4NO2. The molecule has 1 aromatic rings. The molecule has 0 spiro atoms. The van der Waals surface area contributed by atoms with E-state index < -0.39 is 23.5 Å². The summed E-state index contributed by atoms with van der Waals surface area (Å²) >= 11 is 0. The number of hydrogen-bond donors (Lipinski definition) is 0. The number of alkyl halides is 3. The van der Waals surface area contributed by atoms with Crippen LogP contribution in [0.5, 0.6) is 0 Å². The van der Waals surface area contributed by atoms with Gasteiger partial charge in [-0.05, 0) is 31.0 Å². The maximum atomic E-state index is 13.2. The summed E-state index contributed by atoms with van der Waals surface area (Å²) in [6.45, 7) is 0.605. The zero-order valence-electron chi connectivity index (χ0n) is 11.4. The van der Waals surface area contributed by atoms with E-state index in [1.54, 1.807) is 0 Å². The van der Waals surface area contributed by atoms with Crippen molar-refractivity contribution >= 4 is 5.91 Å². The maximum Gasteiger partial charge on any atom is 0.419 e. The van der Waals surface area contributed by atoms with Gasteiger partial charge in [0.2, 0.25) is 0 Å². The molecule has 1 saturated carbocycles. The minimum absolute atomic E-state index is 0.0343. The van der Waals surface area contributed by atoms with Crippen molar-refractivity contribution in [2.24, 2.45) is 0 Å². The summed E-state index contributed by atoms with van der Waals surface area (Å²) < 4.78 is 56.2. The van der Waals surface area contributed by atoms with Crippen LogP contribution in [0.2, 0.25) is 0 Å². The van der Waals surface area contributed by atoms with E-state index >= 15 is 0 Å². The van der Waals surface area contributed by atoms with Gasteiger partial charge in [0.05, 0.1) is 12.2 Å². The van der Waals surface area contributed by atoms with E-state index in [1.807, 2.05) is 0 Å². The van der Waals surface area contributed by atoms with Gasteiger partial charge in [-0.3, -0.25) is 4.79 Å². The van der Waals surface area contributed by atoms with Crippen LogP contribution < -0.4 is 0 Å². The maximum absolute atomic E-state index is 13.2. The molecule has 3 nitrogen and oxygen atoms in total. The molecule has 7 heteroatoms. The van der Waals surface area contributed by atoms with Crippen LogP contribution in [0.4, 0.5) is 17.6 Å². The van der Waals surface area contributed by atoms with E-state index in [0.717, 1.165) is 18.9 Å². The summed E-state index contributed by atoms with van der Waals surface area (Å²) in [5, 5.41) is 0. The molecule has 0 radical (unpaired) electrons. The highest BCUT2D eigenvalue weighted by molar-refractivity contribution is 5.94. The van der Waals surface area contributed by atoms with Crippen molar-refractivity contribution in [2.45, 2.75) is 25.1 Å². The van der Waals surface area contributed by atoms with Crippen molar-refractivity contribution in [3.8, 4) is 0 Å². The first-order valence-electron chi connectivity index (χ1n) is 6.51. The summed E-state index contributed by atoms with van der Waals surface area (Å²) in [5.41, 5.74) is -1.58. The second-order valence-corrected chi connectivity index (χ2v) is 4.91. The third kappa shape index (κ3) is 3.72. The first-order valence-corrected chi connectivity index (χ1v) is 6.51. The van der Waals surface area contributed by atoms with Crippen LogP contribution >= 0.6 is 0 Å². The zero-order valence-corrected chi connectivity index (χ0v) is 11.4. The minimum Gasteiger partial charge on any atom is -0.383 e. The number of benzene rings is 1. The fourth-order valence-corrected chi connectivity index (χ4v) is 2.07. The fourth-order valence-electron chi connectivity index (χ4n) is 2.07. The molecule has 0 aliphatic heterocycles. The molecule has 21 heavy (non-hydrogen) atoms. The Morgan fingerprint density at radius 3 is 2.57 bits per heavy atom. The Kier molecular flexibility index (Phi) is 4.51. The van der Waals surface area contributed by atoms with Gasteiger partial charge in [0, 0.05) is 25.3 Å². The Morgan fingerprint density at radius 2 is 2.05 bits per heavy atom. The molecule has 1 aliphatic carbocycles. The predicted molar refractivity (Wildman–Crippen MR) is 67.3 cm³/mol. The van der Waals surface area contributed by atoms with E-state index in [1.165, 1.54) is 12.0 Å².